The number of hydrogen-bond donors (Lipinski definition) is 1. The van der Waals surface area contributed by atoms with E-state index in [9.17, 15) is 4.79 Å². The number of benzene rings is 1. The highest BCUT2D eigenvalue weighted by molar-refractivity contribution is 7.20. The highest BCUT2D eigenvalue weighted by Crippen LogP contribution is 2.30. The average Bonchev–Trinajstić information content (AvgIpc) is 3.06. The van der Waals surface area contributed by atoms with Crippen molar-refractivity contribution in [3.63, 3.8) is 0 Å². The van der Waals surface area contributed by atoms with Crippen molar-refractivity contribution in [3.05, 3.63) is 45.9 Å². The summed E-state index contributed by atoms with van der Waals surface area (Å²) >= 11 is 7.42. The van der Waals surface area contributed by atoms with Gasteiger partial charge in [0, 0.05) is 10.4 Å². The van der Waals surface area contributed by atoms with E-state index in [1.807, 2.05) is 44.2 Å². The topological polar surface area (TPSA) is 56.1 Å². The van der Waals surface area contributed by atoms with Crippen LogP contribution in [0.15, 0.2) is 30.3 Å². The zero-order valence-corrected chi connectivity index (χ0v) is 13.7. The number of carbonyl (C=O) groups excluding carboxylic acids is 1. The Labute approximate surface area is 136 Å². The Kier molecular flexibility index (Phi) is 4.15. The van der Waals surface area contributed by atoms with Gasteiger partial charge in [0.2, 0.25) is 0 Å². The van der Waals surface area contributed by atoms with E-state index in [4.69, 9.17) is 16.4 Å². The summed E-state index contributed by atoms with van der Waals surface area (Å²) in [6.45, 7) is 4.15. The number of rotatable bonds is 4. The van der Waals surface area contributed by atoms with E-state index in [2.05, 4.69) is 10.6 Å². The van der Waals surface area contributed by atoms with Crippen LogP contribution >= 0.6 is 22.9 Å². The van der Waals surface area contributed by atoms with Crippen LogP contribution in [0, 0.1) is 6.92 Å². The number of hydroxylamine groups is 1. The first-order valence-corrected chi connectivity index (χ1v) is 7.97. The van der Waals surface area contributed by atoms with Crippen molar-refractivity contribution in [1.29, 1.82) is 0 Å². The van der Waals surface area contributed by atoms with E-state index < -0.39 is 0 Å². The first kappa shape index (κ1) is 15.0. The third-order valence-corrected chi connectivity index (χ3v) is 4.47. The highest BCUT2D eigenvalue weighted by Gasteiger charge is 2.17. The number of nitrogens with one attached hydrogen (secondary N) is 1. The lowest BCUT2D eigenvalue weighted by molar-refractivity contribution is 0.0368. The van der Waals surface area contributed by atoms with Crippen molar-refractivity contribution in [2.45, 2.75) is 13.8 Å². The summed E-state index contributed by atoms with van der Waals surface area (Å²) in [6.07, 6.45) is 0. The van der Waals surface area contributed by atoms with Gasteiger partial charge in [0.05, 0.1) is 22.9 Å². The number of carbonyl (C=O) groups is 1. The first-order chi connectivity index (χ1) is 10.6. The van der Waals surface area contributed by atoms with E-state index >= 15 is 0 Å². The zero-order valence-electron chi connectivity index (χ0n) is 12.1. The quantitative estimate of drug-likeness (QED) is 0.739. The number of fused-ring (bicyclic) bond motifs is 1. The summed E-state index contributed by atoms with van der Waals surface area (Å²) in [5.41, 5.74) is 4.14. The van der Waals surface area contributed by atoms with Crippen molar-refractivity contribution in [2.24, 2.45) is 0 Å². The Hall–Kier alpha value is -1.89. The summed E-state index contributed by atoms with van der Waals surface area (Å²) in [7, 11) is 0. The SMILES string of the molecule is CCONC(=O)c1cc2c(C)nn(-c3cccc(Cl)c3)c2s1. The van der Waals surface area contributed by atoms with Gasteiger partial charge in [0.25, 0.3) is 5.91 Å². The lowest BCUT2D eigenvalue weighted by Crippen LogP contribution is -2.22. The van der Waals surface area contributed by atoms with Gasteiger partial charge in [-0.25, -0.2) is 10.2 Å². The molecule has 2 heterocycles. The lowest BCUT2D eigenvalue weighted by Gasteiger charge is -2.03. The molecule has 3 rings (SSSR count). The molecule has 1 amide bonds. The van der Waals surface area contributed by atoms with Crippen LogP contribution in [0.25, 0.3) is 15.9 Å². The van der Waals surface area contributed by atoms with Crippen molar-refractivity contribution >= 4 is 39.1 Å². The van der Waals surface area contributed by atoms with Crippen molar-refractivity contribution in [1.82, 2.24) is 15.3 Å². The van der Waals surface area contributed by atoms with Gasteiger partial charge >= 0.3 is 0 Å². The summed E-state index contributed by atoms with van der Waals surface area (Å²) in [5, 5.41) is 6.12. The van der Waals surface area contributed by atoms with E-state index in [0.717, 1.165) is 21.6 Å². The molecule has 0 bridgehead atoms. The molecule has 0 unspecified atom stereocenters. The van der Waals surface area contributed by atoms with Crippen molar-refractivity contribution in [2.75, 3.05) is 6.61 Å². The molecule has 3 aromatic rings. The molecule has 0 saturated heterocycles. The number of nitrogens with zero attached hydrogens (tertiary/aromatic N) is 2. The number of amides is 1. The smallest absolute Gasteiger partial charge is 0.274 e. The minimum absolute atomic E-state index is 0.250. The third-order valence-electron chi connectivity index (χ3n) is 3.13. The standard InChI is InChI=1S/C15H14ClN3O2S/c1-3-21-18-14(20)13-8-12-9(2)17-19(15(12)22-13)11-6-4-5-10(16)7-11/h4-8H,3H2,1-2H3,(H,18,20). The molecule has 0 saturated carbocycles. The van der Waals surface area contributed by atoms with Crippen LogP contribution < -0.4 is 5.48 Å². The normalized spacial score (nSPS) is 11.0. The molecule has 7 heteroatoms. The molecule has 0 aliphatic carbocycles. The fourth-order valence-electron chi connectivity index (χ4n) is 2.13. The highest BCUT2D eigenvalue weighted by atomic mass is 35.5. The minimum atomic E-state index is -0.250. The van der Waals surface area contributed by atoms with Gasteiger partial charge in [-0.05, 0) is 38.1 Å². The molecular formula is C15H14ClN3O2S. The average molecular weight is 336 g/mol. The van der Waals surface area contributed by atoms with Gasteiger partial charge < -0.3 is 0 Å². The van der Waals surface area contributed by atoms with Crippen LogP contribution in [0.4, 0.5) is 0 Å². The van der Waals surface area contributed by atoms with Crippen LogP contribution in [0.2, 0.25) is 5.02 Å². The molecular weight excluding hydrogens is 322 g/mol. The van der Waals surface area contributed by atoms with Gasteiger partial charge in [-0.1, -0.05) is 17.7 Å². The molecule has 0 aliphatic rings. The molecule has 0 aliphatic heterocycles. The second kappa shape index (κ2) is 6.08. The number of halogens is 1. The van der Waals surface area contributed by atoms with Crippen molar-refractivity contribution < 1.29 is 9.63 Å². The van der Waals surface area contributed by atoms with Crippen LogP contribution in [-0.4, -0.2) is 22.3 Å². The number of aromatic nitrogens is 2. The largest absolute Gasteiger partial charge is 0.284 e. The molecule has 0 spiro atoms. The summed E-state index contributed by atoms with van der Waals surface area (Å²) in [5.74, 6) is -0.250. The Morgan fingerprint density at radius 2 is 2.27 bits per heavy atom. The fourth-order valence-corrected chi connectivity index (χ4v) is 3.38. The van der Waals surface area contributed by atoms with Crippen molar-refractivity contribution in [3.8, 4) is 5.69 Å². The molecule has 22 heavy (non-hydrogen) atoms. The maximum absolute atomic E-state index is 12.0. The van der Waals surface area contributed by atoms with Gasteiger partial charge in [-0.3, -0.25) is 9.63 Å². The minimum Gasteiger partial charge on any atom is -0.274 e. The van der Waals surface area contributed by atoms with Crippen LogP contribution in [0.5, 0.6) is 0 Å². The molecule has 0 atom stereocenters. The van der Waals surface area contributed by atoms with Crippen LogP contribution in [0.3, 0.4) is 0 Å². The maximum Gasteiger partial charge on any atom is 0.284 e. The second-order valence-electron chi connectivity index (χ2n) is 4.67. The molecule has 5 nitrogen and oxygen atoms in total. The Morgan fingerprint density at radius 1 is 1.45 bits per heavy atom. The van der Waals surface area contributed by atoms with Gasteiger partial charge in [-0.15, -0.1) is 11.3 Å². The summed E-state index contributed by atoms with van der Waals surface area (Å²) in [6, 6.07) is 9.28. The third kappa shape index (κ3) is 2.72. The molecule has 1 N–H and O–H groups in total. The lowest BCUT2D eigenvalue weighted by atomic mass is 10.3. The zero-order chi connectivity index (χ0) is 15.7. The fraction of sp³-hybridized carbons (Fsp3) is 0.200. The molecule has 1 aromatic carbocycles. The number of aryl methyl sites for hydroxylation is 1. The number of hydrogen-bond acceptors (Lipinski definition) is 4. The van der Waals surface area contributed by atoms with E-state index in [-0.39, 0.29) is 5.91 Å². The maximum atomic E-state index is 12.0. The van der Waals surface area contributed by atoms with Crippen LogP contribution in [0.1, 0.15) is 22.3 Å². The molecule has 0 radical (unpaired) electrons. The van der Waals surface area contributed by atoms with Gasteiger partial charge in [-0.2, -0.15) is 5.10 Å². The molecule has 0 fully saturated rings. The number of thiophene rings is 1. The Bertz CT molecular complexity index is 841. The van der Waals surface area contributed by atoms with E-state index in [0.29, 0.717) is 16.5 Å². The van der Waals surface area contributed by atoms with E-state index in [1.54, 1.807) is 4.68 Å². The first-order valence-electron chi connectivity index (χ1n) is 6.77. The van der Waals surface area contributed by atoms with Gasteiger partial charge in [0.1, 0.15) is 4.83 Å². The summed E-state index contributed by atoms with van der Waals surface area (Å²) < 4.78 is 1.80. The predicted molar refractivity (Wildman–Crippen MR) is 87.8 cm³/mol. The Morgan fingerprint density at radius 3 is 3.00 bits per heavy atom. The monoisotopic (exact) mass is 335 g/mol. The van der Waals surface area contributed by atoms with Gasteiger partial charge in [0.15, 0.2) is 0 Å². The molecule has 114 valence electrons. The summed E-state index contributed by atoms with van der Waals surface area (Å²) in [4.78, 5) is 18.4. The molecule has 2 aromatic heterocycles. The Balaban J connectivity index is 2.05. The van der Waals surface area contributed by atoms with E-state index in [1.165, 1.54) is 11.3 Å². The predicted octanol–water partition coefficient (Wildman–Crippen LogP) is 3.73. The van der Waals surface area contributed by atoms with Crippen LogP contribution in [-0.2, 0) is 4.84 Å². The second-order valence-corrected chi connectivity index (χ2v) is 6.14.